The van der Waals surface area contributed by atoms with Crippen LogP contribution in [0.15, 0.2) is 30.3 Å². The number of hydrogen-bond donors (Lipinski definition) is 3. The largest absolute Gasteiger partial charge is 0.390 e. The quantitative estimate of drug-likeness (QED) is 0.490. The van der Waals surface area contributed by atoms with Crippen LogP contribution in [-0.4, -0.2) is 52.9 Å². The van der Waals surface area contributed by atoms with Crippen LogP contribution in [0.5, 0.6) is 0 Å². The van der Waals surface area contributed by atoms with Crippen LogP contribution in [-0.2, 0) is 11.2 Å². The van der Waals surface area contributed by atoms with E-state index in [9.17, 15) is 9.90 Å². The zero-order valence-electron chi connectivity index (χ0n) is 18.3. The fraction of sp³-hybridized carbons (Fsp3) is 0.682. The lowest BCUT2D eigenvalue weighted by molar-refractivity contribution is -0.126. The molecule has 160 valence electrons. The van der Waals surface area contributed by atoms with E-state index in [4.69, 9.17) is 5.73 Å². The number of aliphatic hydroxyl groups excluding tert-OH is 1. The van der Waals surface area contributed by atoms with Crippen molar-refractivity contribution in [3.63, 3.8) is 0 Å². The topological polar surface area (TPSA) is 78.6 Å². The fourth-order valence-electron chi connectivity index (χ4n) is 2.81. The Bertz CT molecular complexity index is 575. The van der Waals surface area contributed by atoms with Gasteiger partial charge >= 0.3 is 0 Å². The Hall–Kier alpha value is -1.08. The SMILES string of the molecule is CSN(CCC(C)C)C[C@@H](O)[C@H](Cc1ccccc1)NC(=O)[C@@H](N)C(C)(C)C. The fourth-order valence-corrected chi connectivity index (χ4v) is 3.40. The van der Waals surface area contributed by atoms with Crippen molar-refractivity contribution in [3.8, 4) is 0 Å². The second-order valence-electron chi connectivity index (χ2n) is 8.97. The highest BCUT2D eigenvalue weighted by molar-refractivity contribution is 7.96. The third-order valence-corrected chi connectivity index (χ3v) is 5.76. The van der Waals surface area contributed by atoms with Gasteiger partial charge in [0.25, 0.3) is 0 Å². The summed E-state index contributed by atoms with van der Waals surface area (Å²) in [5.41, 5.74) is 6.88. The molecular weight excluding hydrogens is 370 g/mol. The minimum Gasteiger partial charge on any atom is -0.390 e. The second kappa shape index (κ2) is 11.8. The number of nitrogens with zero attached hydrogens (tertiary/aromatic N) is 1. The monoisotopic (exact) mass is 409 g/mol. The summed E-state index contributed by atoms with van der Waals surface area (Å²) in [6.07, 6.45) is 2.97. The second-order valence-corrected chi connectivity index (χ2v) is 9.85. The molecule has 1 aromatic rings. The van der Waals surface area contributed by atoms with Gasteiger partial charge in [0.1, 0.15) is 0 Å². The lowest BCUT2D eigenvalue weighted by Gasteiger charge is -2.32. The van der Waals surface area contributed by atoms with Crippen LogP contribution in [0, 0.1) is 11.3 Å². The predicted octanol–water partition coefficient (Wildman–Crippen LogP) is 3.07. The van der Waals surface area contributed by atoms with Crippen LogP contribution >= 0.6 is 11.9 Å². The van der Waals surface area contributed by atoms with E-state index in [1.54, 1.807) is 11.9 Å². The summed E-state index contributed by atoms with van der Waals surface area (Å²) >= 11 is 1.63. The molecule has 0 saturated carbocycles. The lowest BCUT2D eigenvalue weighted by atomic mass is 9.86. The number of amides is 1. The molecule has 0 aliphatic heterocycles. The van der Waals surface area contributed by atoms with Crippen molar-refractivity contribution < 1.29 is 9.90 Å². The molecular formula is C22H39N3O2S. The molecule has 1 aromatic carbocycles. The minimum atomic E-state index is -0.684. The summed E-state index contributed by atoms with van der Waals surface area (Å²) in [5, 5.41) is 14.0. The third kappa shape index (κ3) is 8.95. The van der Waals surface area contributed by atoms with Gasteiger partial charge in [-0.2, -0.15) is 0 Å². The standard InChI is InChI=1S/C22H39N3O2S/c1-16(2)12-13-25(28-6)15-19(26)18(14-17-10-8-7-9-11-17)24-21(27)20(23)22(3,4)5/h7-11,16,18-20,26H,12-15,23H2,1-6H3,(H,24,27)/t18-,19+,20+/m0/s1. The molecule has 1 amide bonds. The number of nitrogens with two attached hydrogens (primary N) is 1. The maximum Gasteiger partial charge on any atom is 0.237 e. The predicted molar refractivity (Wildman–Crippen MR) is 120 cm³/mol. The molecule has 3 atom stereocenters. The lowest BCUT2D eigenvalue weighted by Crippen LogP contribution is -2.56. The Labute approximate surface area is 175 Å². The first-order chi connectivity index (χ1) is 13.0. The van der Waals surface area contributed by atoms with E-state index >= 15 is 0 Å². The zero-order chi connectivity index (χ0) is 21.3. The first-order valence-corrected chi connectivity index (χ1v) is 11.3. The number of carbonyl (C=O) groups is 1. The molecule has 0 aromatic heterocycles. The van der Waals surface area contributed by atoms with Crippen LogP contribution in [0.2, 0.25) is 0 Å². The zero-order valence-corrected chi connectivity index (χ0v) is 19.1. The Morgan fingerprint density at radius 2 is 1.86 bits per heavy atom. The Balaban J connectivity index is 2.88. The van der Waals surface area contributed by atoms with E-state index in [0.29, 0.717) is 18.9 Å². The smallest absolute Gasteiger partial charge is 0.237 e. The Morgan fingerprint density at radius 1 is 1.25 bits per heavy atom. The molecule has 0 aliphatic rings. The van der Waals surface area contributed by atoms with Crippen molar-refractivity contribution in [2.45, 2.75) is 65.6 Å². The summed E-state index contributed by atoms with van der Waals surface area (Å²) in [6, 6.07) is 8.91. The highest BCUT2D eigenvalue weighted by Crippen LogP contribution is 2.19. The van der Waals surface area contributed by atoms with Gasteiger partial charge < -0.3 is 16.2 Å². The van der Waals surface area contributed by atoms with Crippen molar-refractivity contribution >= 4 is 17.9 Å². The summed E-state index contributed by atoms with van der Waals surface area (Å²) in [7, 11) is 0. The average Bonchev–Trinajstić information content (AvgIpc) is 2.63. The van der Waals surface area contributed by atoms with Crippen LogP contribution in [0.1, 0.15) is 46.6 Å². The molecule has 0 bridgehead atoms. The number of hydrogen-bond acceptors (Lipinski definition) is 5. The molecule has 0 aliphatic carbocycles. The van der Waals surface area contributed by atoms with Crippen LogP contribution < -0.4 is 11.1 Å². The van der Waals surface area contributed by atoms with Gasteiger partial charge in [-0.25, -0.2) is 4.31 Å². The molecule has 28 heavy (non-hydrogen) atoms. The maximum absolute atomic E-state index is 12.7. The van der Waals surface area contributed by atoms with E-state index < -0.39 is 18.2 Å². The van der Waals surface area contributed by atoms with Gasteiger partial charge in [0.05, 0.1) is 18.2 Å². The Morgan fingerprint density at radius 3 is 2.36 bits per heavy atom. The van der Waals surface area contributed by atoms with Crippen LogP contribution in [0.3, 0.4) is 0 Å². The van der Waals surface area contributed by atoms with Gasteiger partial charge in [-0.1, -0.05) is 76.9 Å². The molecule has 0 radical (unpaired) electrons. The normalized spacial score (nSPS) is 15.5. The maximum atomic E-state index is 12.7. The molecule has 1 rings (SSSR count). The van der Waals surface area contributed by atoms with Gasteiger partial charge in [-0.05, 0) is 36.0 Å². The molecule has 0 heterocycles. The highest BCUT2D eigenvalue weighted by atomic mass is 32.2. The van der Waals surface area contributed by atoms with Gasteiger partial charge in [0.15, 0.2) is 0 Å². The number of aliphatic hydroxyl groups is 1. The molecule has 0 spiro atoms. The van der Waals surface area contributed by atoms with Crippen LogP contribution in [0.4, 0.5) is 0 Å². The van der Waals surface area contributed by atoms with E-state index in [-0.39, 0.29) is 11.3 Å². The van der Waals surface area contributed by atoms with E-state index in [0.717, 1.165) is 18.5 Å². The third-order valence-electron chi connectivity index (χ3n) is 4.91. The first kappa shape index (κ1) is 25.0. The molecule has 5 nitrogen and oxygen atoms in total. The summed E-state index contributed by atoms with van der Waals surface area (Å²) in [4.78, 5) is 12.7. The molecule has 0 unspecified atom stereocenters. The summed E-state index contributed by atoms with van der Waals surface area (Å²) in [6.45, 7) is 11.6. The number of benzene rings is 1. The van der Waals surface area contributed by atoms with Gasteiger partial charge in [0, 0.05) is 13.1 Å². The van der Waals surface area contributed by atoms with Gasteiger partial charge in [-0.15, -0.1) is 0 Å². The van der Waals surface area contributed by atoms with E-state index in [1.807, 2.05) is 57.4 Å². The average molecular weight is 410 g/mol. The van der Waals surface area contributed by atoms with Crippen molar-refractivity contribution in [1.82, 2.24) is 9.62 Å². The van der Waals surface area contributed by atoms with Gasteiger partial charge in [0.2, 0.25) is 5.91 Å². The molecule has 4 N–H and O–H groups in total. The summed E-state index contributed by atoms with van der Waals surface area (Å²) < 4.78 is 2.17. The molecule has 0 fully saturated rings. The van der Waals surface area contributed by atoms with Gasteiger partial charge in [-0.3, -0.25) is 4.79 Å². The summed E-state index contributed by atoms with van der Waals surface area (Å²) in [5.74, 6) is 0.391. The Kier molecular flexibility index (Phi) is 10.5. The number of rotatable bonds is 11. The molecule has 6 heteroatoms. The van der Waals surface area contributed by atoms with E-state index in [2.05, 4.69) is 23.5 Å². The highest BCUT2D eigenvalue weighted by Gasteiger charge is 2.31. The van der Waals surface area contributed by atoms with E-state index in [1.165, 1.54) is 0 Å². The van der Waals surface area contributed by atoms with Crippen LogP contribution in [0.25, 0.3) is 0 Å². The van der Waals surface area contributed by atoms with Crippen molar-refractivity contribution in [3.05, 3.63) is 35.9 Å². The van der Waals surface area contributed by atoms with Crippen molar-refractivity contribution in [1.29, 1.82) is 0 Å². The number of nitrogens with one attached hydrogen (secondary N) is 1. The molecule has 0 saturated heterocycles. The first-order valence-electron chi connectivity index (χ1n) is 10.1. The van der Waals surface area contributed by atoms with Crippen molar-refractivity contribution in [2.75, 3.05) is 19.3 Å². The van der Waals surface area contributed by atoms with Crippen molar-refractivity contribution in [2.24, 2.45) is 17.1 Å². The minimum absolute atomic E-state index is 0.217. The number of carbonyl (C=O) groups excluding carboxylic acids is 1.